The van der Waals surface area contributed by atoms with Crippen LogP contribution in [0.2, 0.25) is 10.0 Å². The number of thiocarbonyl (C=S) groups is 1. The summed E-state index contributed by atoms with van der Waals surface area (Å²) < 4.78 is 0. The molecule has 114 valence electrons. The first-order chi connectivity index (χ1) is 10.5. The van der Waals surface area contributed by atoms with Crippen molar-refractivity contribution < 1.29 is 4.79 Å². The van der Waals surface area contributed by atoms with Crippen molar-refractivity contribution in [3.8, 4) is 0 Å². The summed E-state index contributed by atoms with van der Waals surface area (Å²) in [5.41, 5.74) is 1.39. The molecule has 0 saturated heterocycles. The smallest absolute Gasteiger partial charge is 0.258 e. The standard InChI is InChI=1S/C16H14Cl2N2OS/c1-10(11-5-3-2-4-6-11)19-16(22)20-15(21)13-8-7-12(17)9-14(13)18/h2-10H,1H3,(H2,19,20,21,22). The Morgan fingerprint density at radius 2 is 1.82 bits per heavy atom. The molecule has 0 bridgehead atoms. The fourth-order valence-corrected chi connectivity index (χ4v) is 2.67. The Bertz CT molecular complexity index is 692. The van der Waals surface area contributed by atoms with Crippen LogP contribution in [-0.2, 0) is 0 Å². The lowest BCUT2D eigenvalue weighted by molar-refractivity contribution is 0.0976. The molecule has 2 aromatic carbocycles. The predicted octanol–water partition coefficient (Wildman–Crippen LogP) is 4.36. The van der Waals surface area contributed by atoms with Crippen molar-refractivity contribution in [2.24, 2.45) is 0 Å². The fourth-order valence-electron chi connectivity index (χ4n) is 1.90. The first-order valence-corrected chi connectivity index (χ1v) is 7.75. The summed E-state index contributed by atoms with van der Waals surface area (Å²) in [6.45, 7) is 1.96. The Hall–Kier alpha value is -1.62. The molecule has 0 aliphatic heterocycles. The van der Waals surface area contributed by atoms with Gasteiger partial charge in [-0.15, -0.1) is 0 Å². The number of rotatable bonds is 3. The molecule has 0 aliphatic carbocycles. The minimum atomic E-state index is -0.376. The molecule has 0 aliphatic rings. The highest BCUT2D eigenvalue weighted by Gasteiger charge is 2.13. The Labute approximate surface area is 144 Å². The molecule has 22 heavy (non-hydrogen) atoms. The summed E-state index contributed by atoms with van der Waals surface area (Å²) in [6.07, 6.45) is 0. The maximum Gasteiger partial charge on any atom is 0.258 e. The average molecular weight is 353 g/mol. The van der Waals surface area contributed by atoms with Gasteiger partial charge in [-0.25, -0.2) is 0 Å². The molecule has 0 heterocycles. The van der Waals surface area contributed by atoms with Gasteiger partial charge in [0.2, 0.25) is 0 Å². The summed E-state index contributed by atoms with van der Waals surface area (Å²) in [4.78, 5) is 12.1. The number of hydrogen-bond donors (Lipinski definition) is 2. The zero-order valence-corrected chi connectivity index (χ0v) is 14.1. The molecular formula is C16H14Cl2N2OS. The molecule has 2 rings (SSSR count). The molecule has 0 saturated carbocycles. The third-order valence-corrected chi connectivity index (χ3v) is 3.82. The van der Waals surface area contributed by atoms with E-state index in [-0.39, 0.29) is 22.1 Å². The van der Waals surface area contributed by atoms with Crippen LogP contribution >= 0.6 is 35.4 Å². The number of carbonyl (C=O) groups excluding carboxylic acids is 1. The highest BCUT2D eigenvalue weighted by atomic mass is 35.5. The molecule has 2 aromatic rings. The van der Waals surface area contributed by atoms with Crippen LogP contribution in [0.1, 0.15) is 28.9 Å². The molecule has 3 nitrogen and oxygen atoms in total. The van der Waals surface area contributed by atoms with Crippen molar-refractivity contribution in [3.63, 3.8) is 0 Å². The molecule has 1 unspecified atom stereocenters. The van der Waals surface area contributed by atoms with Gasteiger partial charge in [-0.05, 0) is 42.9 Å². The number of halogens is 2. The fraction of sp³-hybridized carbons (Fsp3) is 0.125. The molecule has 6 heteroatoms. The molecule has 0 fully saturated rings. The van der Waals surface area contributed by atoms with Gasteiger partial charge in [0.25, 0.3) is 5.91 Å². The van der Waals surface area contributed by atoms with Gasteiger partial charge in [-0.3, -0.25) is 10.1 Å². The van der Waals surface area contributed by atoms with Crippen molar-refractivity contribution >= 4 is 46.4 Å². The largest absolute Gasteiger partial charge is 0.356 e. The third kappa shape index (κ3) is 4.44. The number of nitrogens with one attached hydrogen (secondary N) is 2. The van der Waals surface area contributed by atoms with Crippen molar-refractivity contribution in [1.82, 2.24) is 10.6 Å². The van der Waals surface area contributed by atoms with E-state index in [9.17, 15) is 4.79 Å². The lowest BCUT2D eigenvalue weighted by Gasteiger charge is -2.17. The Morgan fingerprint density at radius 1 is 1.14 bits per heavy atom. The Balaban J connectivity index is 1.98. The molecule has 1 atom stereocenters. The highest BCUT2D eigenvalue weighted by Crippen LogP contribution is 2.20. The first kappa shape index (κ1) is 16.7. The highest BCUT2D eigenvalue weighted by molar-refractivity contribution is 7.80. The van der Waals surface area contributed by atoms with E-state index in [0.29, 0.717) is 10.6 Å². The van der Waals surface area contributed by atoms with Crippen LogP contribution in [0, 0.1) is 0 Å². The molecule has 0 spiro atoms. The maximum absolute atomic E-state index is 12.1. The van der Waals surface area contributed by atoms with Gasteiger partial charge in [-0.1, -0.05) is 53.5 Å². The minimum absolute atomic E-state index is 0.0188. The second-order valence-corrected chi connectivity index (χ2v) is 5.94. The van der Waals surface area contributed by atoms with E-state index in [4.69, 9.17) is 35.4 Å². The van der Waals surface area contributed by atoms with Crippen LogP contribution in [-0.4, -0.2) is 11.0 Å². The SMILES string of the molecule is CC(NC(=S)NC(=O)c1ccc(Cl)cc1Cl)c1ccccc1. The number of amides is 1. The van der Waals surface area contributed by atoms with Crippen LogP contribution in [0.4, 0.5) is 0 Å². The van der Waals surface area contributed by atoms with Gasteiger partial charge < -0.3 is 5.32 Å². The minimum Gasteiger partial charge on any atom is -0.356 e. The summed E-state index contributed by atoms with van der Waals surface area (Å²) in [5.74, 6) is -0.376. The van der Waals surface area contributed by atoms with Gasteiger partial charge in [-0.2, -0.15) is 0 Å². The van der Waals surface area contributed by atoms with Crippen molar-refractivity contribution in [2.45, 2.75) is 13.0 Å². The lowest BCUT2D eigenvalue weighted by Crippen LogP contribution is -2.40. The number of hydrogen-bond acceptors (Lipinski definition) is 2. The molecule has 2 N–H and O–H groups in total. The summed E-state index contributed by atoms with van der Waals surface area (Å²) in [7, 11) is 0. The molecule has 1 amide bonds. The first-order valence-electron chi connectivity index (χ1n) is 6.59. The van der Waals surface area contributed by atoms with Gasteiger partial charge >= 0.3 is 0 Å². The van der Waals surface area contributed by atoms with Crippen LogP contribution in [0.5, 0.6) is 0 Å². The van der Waals surface area contributed by atoms with E-state index in [2.05, 4.69) is 10.6 Å². The van der Waals surface area contributed by atoms with Gasteiger partial charge in [0.15, 0.2) is 5.11 Å². The van der Waals surface area contributed by atoms with Crippen LogP contribution in [0.15, 0.2) is 48.5 Å². The molecular weight excluding hydrogens is 339 g/mol. The van der Waals surface area contributed by atoms with Crippen molar-refractivity contribution in [3.05, 3.63) is 69.7 Å². The summed E-state index contributed by atoms with van der Waals surface area (Å²) in [6, 6.07) is 14.5. The van der Waals surface area contributed by atoms with Crippen molar-refractivity contribution in [1.29, 1.82) is 0 Å². The van der Waals surface area contributed by atoms with E-state index >= 15 is 0 Å². The predicted molar refractivity (Wildman–Crippen MR) is 94.5 cm³/mol. The van der Waals surface area contributed by atoms with E-state index in [0.717, 1.165) is 5.56 Å². The van der Waals surface area contributed by atoms with Gasteiger partial charge in [0.05, 0.1) is 16.6 Å². The van der Waals surface area contributed by atoms with Crippen LogP contribution in [0.25, 0.3) is 0 Å². The van der Waals surface area contributed by atoms with Gasteiger partial charge in [0.1, 0.15) is 0 Å². The van der Waals surface area contributed by atoms with Gasteiger partial charge in [0, 0.05) is 5.02 Å². The normalized spacial score (nSPS) is 11.6. The molecule has 0 radical (unpaired) electrons. The van der Waals surface area contributed by atoms with E-state index < -0.39 is 0 Å². The number of carbonyl (C=O) groups is 1. The second-order valence-electron chi connectivity index (χ2n) is 4.68. The van der Waals surface area contributed by atoms with E-state index in [1.165, 1.54) is 6.07 Å². The maximum atomic E-state index is 12.1. The van der Waals surface area contributed by atoms with E-state index in [1.807, 2.05) is 37.3 Å². The van der Waals surface area contributed by atoms with Crippen molar-refractivity contribution in [2.75, 3.05) is 0 Å². The summed E-state index contributed by atoms with van der Waals surface area (Å²) in [5, 5.41) is 6.67. The quantitative estimate of drug-likeness (QED) is 0.806. The van der Waals surface area contributed by atoms with E-state index in [1.54, 1.807) is 12.1 Å². The van der Waals surface area contributed by atoms with Crippen LogP contribution < -0.4 is 10.6 Å². The Kier molecular flexibility index (Phi) is 5.77. The number of benzene rings is 2. The monoisotopic (exact) mass is 352 g/mol. The Morgan fingerprint density at radius 3 is 2.45 bits per heavy atom. The zero-order valence-electron chi connectivity index (χ0n) is 11.8. The van der Waals surface area contributed by atoms with Crippen LogP contribution in [0.3, 0.4) is 0 Å². The third-order valence-electron chi connectivity index (χ3n) is 3.05. The average Bonchev–Trinajstić information content (AvgIpc) is 2.47. The summed E-state index contributed by atoms with van der Waals surface area (Å²) >= 11 is 17.0. The zero-order chi connectivity index (χ0) is 16.1. The second kappa shape index (κ2) is 7.58. The molecule has 0 aromatic heterocycles. The topological polar surface area (TPSA) is 41.1 Å². The lowest BCUT2D eigenvalue weighted by atomic mass is 10.1.